The van der Waals surface area contributed by atoms with Gasteiger partial charge in [0.15, 0.2) is 0 Å². The Kier molecular flexibility index (Phi) is 2.66. The zero-order chi connectivity index (χ0) is 12.4. The van der Waals surface area contributed by atoms with E-state index in [1.165, 1.54) is 0 Å². The van der Waals surface area contributed by atoms with Crippen molar-refractivity contribution in [1.29, 1.82) is 0 Å². The molecule has 0 aromatic carbocycles. The topological polar surface area (TPSA) is 91.7 Å². The van der Waals surface area contributed by atoms with Crippen LogP contribution in [-0.4, -0.2) is 36.7 Å². The summed E-state index contributed by atoms with van der Waals surface area (Å²) < 4.78 is 1.66. The molecule has 3 aromatic heterocycles. The first-order valence-electron chi connectivity index (χ1n) is 5.54. The SMILES string of the molecule is OCCn1cc(Nc2cc3[nH]ncc3cn2)cn1. The van der Waals surface area contributed by atoms with Crippen molar-refractivity contribution in [3.05, 3.63) is 30.9 Å². The van der Waals surface area contributed by atoms with Crippen molar-refractivity contribution in [3.8, 4) is 0 Å². The highest BCUT2D eigenvalue weighted by molar-refractivity contribution is 5.80. The number of rotatable bonds is 4. The molecule has 0 atom stereocenters. The normalized spacial score (nSPS) is 10.9. The summed E-state index contributed by atoms with van der Waals surface area (Å²) in [6, 6.07) is 1.88. The molecule has 7 nitrogen and oxygen atoms in total. The van der Waals surface area contributed by atoms with E-state index < -0.39 is 0 Å². The van der Waals surface area contributed by atoms with Gasteiger partial charge >= 0.3 is 0 Å². The summed E-state index contributed by atoms with van der Waals surface area (Å²) in [5, 5.41) is 23.8. The third kappa shape index (κ3) is 2.03. The van der Waals surface area contributed by atoms with Gasteiger partial charge in [0, 0.05) is 23.8 Å². The maximum Gasteiger partial charge on any atom is 0.132 e. The number of aromatic amines is 1. The summed E-state index contributed by atoms with van der Waals surface area (Å²) >= 11 is 0. The lowest BCUT2D eigenvalue weighted by Crippen LogP contribution is -2.01. The van der Waals surface area contributed by atoms with Crippen molar-refractivity contribution in [2.75, 3.05) is 11.9 Å². The molecule has 92 valence electrons. The fraction of sp³-hybridized carbons (Fsp3) is 0.182. The molecule has 0 bridgehead atoms. The van der Waals surface area contributed by atoms with E-state index in [2.05, 4.69) is 25.6 Å². The summed E-state index contributed by atoms with van der Waals surface area (Å²) in [5.74, 6) is 0.718. The van der Waals surface area contributed by atoms with Crippen molar-refractivity contribution in [1.82, 2.24) is 25.0 Å². The first-order valence-corrected chi connectivity index (χ1v) is 5.54. The van der Waals surface area contributed by atoms with Crippen LogP contribution in [0.3, 0.4) is 0 Å². The number of aliphatic hydroxyl groups is 1. The van der Waals surface area contributed by atoms with E-state index in [1.807, 2.05) is 12.3 Å². The van der Waals surface area contributed by atoms with Gasteiger partial charge in [0.1, 0.15) is 5.82 Å². The first-order chi connectivity index (χ1) is 8.85. The Morgan fingerprint density at radius 3 is 3.17 bits per heavy atom. The lowest BCUT2D eigenvalue weighted by atomic mass is 10.3. The van der Waals surface area contributed by atoms with E-state index in [-0.39, 0.29) is 6.61 Å². The number of H-pyrrole nitrogens is 1. The molecule has 0 aliphatic rings. The van der Waals surface area contributed by atoms with Gasteiger partial charge in [-0.3, -0.25) is 9.78 Å². The molecule has 0 aliphatic heterocycles. The minimum atomic E-state index is 0.0689. The Bertz CT molecular complexity index is 658. The molecular formula is C11H12N6O. The van der Waals surface area contributed by atoms with Crippen molar-refractivity contribution in [2.24, 2.45) is 0 Å². The van der Waals surface area contributed by atoms with Crippen LogP contribution in [0.15, 0.2) is 30.9 Å². The van der Waals surface area contributed by atoms with Crippen LogP contribution in [0.4, 0.5) is 11.5 Å². The number of nitrogens with one attached hydrogen (secondary N) is 2. The highest BCUT2D eigenvalue weighted by atomic mass is 16.3. The Morgan fingerprint density at radius 2 is 2.28 bits per heavy atom. The van der Waals surface area contributed by atoms with Gasteiger partial charge in [0.05, 0.1) is 36.7 Å². The van der Waals surface area contributed by atoms with Gasteiger partial charge in [-0.15, -0.1) is 0 Å². The summed E-state index contributed by atoms with van der Waals surface area (Å²) in [5.41, 5.74) is 1.75. The van der Waals surface area contributed by atoms with Crippen molar-refractivity contribution >= 4 is 22.4 Å². The summed E-state index contributed by atoms with van der Waals surface area (Å²) in [6.07, 6.45) is 6.98. The highest BCUT2D eigenvalue weighted by Gasteiger charge is 2.02. The number of hydrogen-bond acceptors (Lipinski definition) is 5. The van der Waals surface area contributed by atoms with E-state index in [4.69, 9.17) is 5.11 Å². The molecule has 3 N–H and O–H groups in total. The number of nitrogens with zero attached hydrogens (tertiary/aromatic N) is 4. The molecule has 0 amide bonds. The minimum absolute atomic E-state index is 0.0689. The van der Waals surface area contributed by atoms with Gasteiger partial charge in [0.25, 0.3) is 0 Å². The molecule has 3 rings (SSSR count). The maximum absolute atomic E-state index is 8.81. The van der Waals surface area contributed by atoms with Crippen LogP contribution in [-0.2, 0) is 6.54 Å². The standard InChI is InChI=1S/C11H12N6O/c18-2-1-17-7-9(6-14-17)15-11-3-10-8(4-12-11)5-13-16-10/h3-7,18H,1-2H2,(H,12,15)(H,13,16). The Morgan fingerprint density at radius 1 is 1.33 bits per heavy atom. The average molecular weight is 244 g/mol. The minimum Gasteiger partial charge on any atom is -0.394 e. The third-order valence-corrected chi connectivity index (χ3v) is 2.56. The third-order valence-electron chi connectivity index (χ3n) is 2.56. The van der Waals surface area contributed by atoms with E-state index in [0.717, 1.165) is 22.4 Å². The maximum atomic E-state index is 8.81. The van der Waals surface area contributed by atoms with E-state index in [1.54, 1.807) is 23.3 Å². The molecule has 0 spiro atoms. The Labute approximate surface area is 102 Å². The fourth-order valence-corrected chi connectivity index (χ4v) is 1.71. The van der Waals surface area contributed by atoms with Gasteiger partial charge < -0.3 is 10.4 Å². The van der Waals surface area contributed by atoms with E-state index >= 15 is 0 Å². The van der Waals surface area contributed by atoms with Gasteiger partial charge in [-0.05, 0) is 0 Å². The zero-order valence-electron chi connectivity index (χ0n) is 9.54. The molecule has 3 aromatic rings. The summed E-state index contributed by atoms with van der Waals surface area (Å²) in [7, 11) is 0. The Balaban J connectivity index is 1.81. The molecule has 0 unspecified atom stereocenters. The van der Waals surface area contributed by atoms with Crippen molar-refractivity contribution < 1.29 is 5.11 Å². The molecular weight excluding hydrogens is 232 g/mol. The molecule has 18 heavy (non-hydrogen) atoms. The van der Waals surface area contributed by atoms with Gasteiger partial charge in [-0.25, -0.2) is 4.98 Å². The second kappa shape index (κ2) is 4.46. The second-order valence-corrected chi connectivity index (χ2v) is 3.87. The summed E-state index contributed by atoms with van der Waals surface area (Å²) in [4.78, 5) is 4.27. The van der Waals surface area contributed by atoms with Crippen LogP contribution in [0.1, 0.15) is 0 Å². The van der Waals surface area contributed by atoms with Gasteiger partial charge in [0.2, 0.25) is 0 Å². The van der Waals surface area contributed by atoms with Crippen molar-refractivity contribution in [2.45, 2.75) is 6.54 Å². The lowest BCUT2D eigenvalue weighted by molar-refractivity contribution is 0.269. The number of hydrogen-bond donors (Lipinski definition) is 3. The largest absolute Gasteiger partial charge is 0.394 e. The van der Waals surface area contributed by atoms with Crippen LogP contribution in [0.2, 0.25) is 0 Å². The van der Waals surface area contributed by atoms with Gasteiger partial charge in [-0.1, -0.05) is 0 Å². The molecule has 7 heteroatoms. The predicted molar refractivity (Wildman–Crippen MR) is 66.5 cm³/mol. The van der Waals surface area contributed by atoms with Crippen molar-refractivity contribution in [3.63, 3.8) is 0 Å². The number of aliphatic hydroxyl groups excluding tert-OH is 1. The first kappa shape index (κ1) is 10.7. The van der Waals surface area contributed by atoms with Crippen LogP contribution >= 0.6 is 0 Å². The van der Waals surface area contributed by atoms with Crippen LogP contribution in [0.25, 0.3) is 10.9 Å². The monoisotopic (exact) mass is 244 g/mol. The van der Waals surface area contributed by atoms with E-state index in [9.17, 15) is 0 Å². The molecule has 0 fully saturated rings. The highest BCUT2D eigenvalue weighted by Crippen LogP contribution is 2.17. The molecule has 0 aliphatic carbocycles. The number of fused-ring (bicyclic) bond motifs is 1. The van der Waals surface area contributed by atoms with Crippen LogP contribution in [0, 0.1) is 0 Å². The molecule has 0 saturated carbocycles. The smallest absolute Gasteiger partial charge is 0.132 e. The van der Waals surface area contributed by atoms with Gasteiger partial charge in [-0.2, -0.15) is 10.2 Å². The quantitative estimate of drug-likeness (QED) is 0.634. The number of pyridine rings is 1. The summed E-state index contributed by atoms with van der Waals surface area (Å²) in [6.45, 7) is 0.550. The number of anilines is 2. The average Bonchev–Trinajstić information content (AvgIpc) is 2.98. The van der Waals surface area contributed by atoms with E-state index in [0.29, 0.717) is 6.54 Å². The lowest BCUT2D eigenvalue weighted by Gasteiger charge is -2.01. The zero-order valence-corrected chi connectivity index (χ0v) is 9.54. The second-order valence-electron chi connectivity index (χ2n) is 3.87. The van der Waals surface area contributed by atoms with Crippen LogP contribution in [0.5, 0.6) is 0 Å². The molecule has 3 heterocycles. The molecule has 0 radical (unpaired) electrons. The van der Waals surface area contributed by atoms with Crippen LogP contribution < -0.4 is 5.32 Å². The number of aromatic nitrogens is 5. The Hall–Kier alpha value is -2.41. The predicted octanol–water partition coefficient (Wildman–Crippen LogP) is 0.890. The molecule has 0 saturated heterocycles. The fourth-order valence-electron chi connectivity index (χ4n) is 1.71.